The summed E-state index contributed by atoms with van der Waals surface area (Å²) in [6.07, 6.45) is 3.29. The van der Waals surface area contributed by atoms with Crippen molar-refractivity contribution in [3.8, 4) is 0 Å². The van der Waals surface area contributed by atoms with Crippen molar-refractivity contribution in [1.82, 2.24) is 10.2 Å². The molecule has 0 aliphatic carbocycles. The van der Waals surface area contributed by atoms with E-state index in [4.69, 9.17) is 4.74 Å². The van der Waals surface area contributed by atoms with Crippen LogP contribution in [0.25, 0.3) is 0 Å². The summed E-state index contributed by atoms with van der Waals surface area (Å²) in [6.45, 7) is 5.72. The number of carbonyl (C=O) groups is 1. The number of rotatable bonds is 3. The summed E-state index contributed by atoms with van der Waals surface area (Å²) in [5.41, 5.74) is 0. The second-order valence-electron chi connectivity index (χ2n) is 5.47. The Morgan fingerprint density at radius 2 is 2.06 bits per heavy atom. The largest absolute Gasteiger partial charge is 0.381 e. The highest BCUT2D eigenvalue weighted by molar-refractivity contribution is 5.82. The molecule has 1 amide bonds. The molecule has 0 aromatic heterocycles. The number of nitrogens with one attached hydrogen (secondary N) is 1. The second-order valence-corrected chi connectivity index (χ2v) is 5.47. The minimum Gasteiger partial charge on any atom is -0.381 e. The maximum Gasteiger partial charge on any atom is 0.239 e. The first-order valence-electron chi connectivity index (χ1n) is 6.74. The van der Waals surface area contributed by atoms with Crippen molar-refractivity contribution in [2.24, 2.45) is 11.8 Å². The van der Waals surface area contributed by atoms with Gasteiger partial charge in [-0.05, 0) is 37.6 Å². The van der Waals surface area contributed by atoms with Gasteiger partial charge in [0.1, 0.15) is 0 Å². The lowest BCUT2D eigenvalue weighted by Gasteiger charge is -2.29. The van der Waals surface area contributed by atoms with E-state index in [9.17, 15) is 4.79 Å². The van der Waals surface area contributed by atoms with Crippen LogP contribution in [0.4, 0.5) is 0 Å². The molecular weight excluding hydrogens is 216 g/mol. The first-order valence-corrected chi connectivity index (χ1v) is 6.74. The molecule has 98 valence electrons. The lowest BCUT2D eigenvalue weighted by Crippen LogP contribution is -2.46. The Kier molecular flexibility index (Phi) is 4.40. The van der Waals surface area contributed by atoms with Gasteiger partial charge in [0.15, 0.2) is 0 Å². The van der Waals surface area contributed by atoms with Gasteiger partial charge in [-0.15, -0.1) is 0 Å². The number of carbonyl (C=O) groups excluding carboxylic acids is 1. The van der Waals surface area contributed by atoms with Crippen molar-refractivity contribution in [3.63, 3.8) is 0 Å². The predicted molar refractivity (Wildman–Crippen MR) is 66.8 cm³/mol. The molecule has 2 saturated heterocycles. The Balaban J connectivity index is 1.81. The van der Waals surface area contributed by atoms with Crippen LogP contribution in [0.1, 0.15) is 26.2 Å². The van der Waals surface area contributed by atoms with Crippen molar-refractivity contribution < 1.29 is 9.53 Å². The summed E-state index contributed by atoms with van der Waals surface area (Å²) in [4.78, 5) is 14.2. The molecule has 0 aromatic rings. The van der Waals surface area contributed by atoms with Crippen molar-refractivity contribution in [3.05, 3.63) is 0 Å². The van der Waals surface area contributed by atoms with E-state index in [0.717, 1.165) is 45.6 Å². The molecule has 1 N–H and O–H groups in total. The molecule has 4 heteroatoms. The normalized spacial score (nSPS) is 30.5. The van der Waals surface area contributed by atoms with Crippen molar-refractivity contribution >= 4 is 5.91 Å². The fourth-order valence-electron chi connectivity index (χ4n) is 2.81. The highest BCUT2D eigenvalue weighted by Gasteiger charge is 2.32. The van der Waals surface area contributed by atoms with Gasteiger partial charge in [0.2, 0.25) is 5.91 Å². The number of amides is 1. The molecule has 2 aliphatic heterocycles. The smallest absolute Gasteiger partial charge is 0.239 e. The standard InChI is InChI=1S/C13H24N2O2/c1-10-3-6-14-12(10)13(16)15(2)9-11-4-7-17-8-5-11/h10-12,14H,3-9H2,1-2H3. The van der Waals surface area contributed by atoms with Crippen molar-refractivity contribution in [2.75, 3.05) is 33.4 Å². The molecule has 0 bridgehead atoms. The van der Waals surface area contributed by atoms with E-state index in [2.05, 4.69) is 12.2 Å². The van der Waals surface area contributed by atoms with Crippen LogP contribution in [0, 0.1) is 11.8 Å². The van der Waals surface area contributed by atoms with Crippen LogP contribution < -0.4 is 5.32 Å². The van der Waals surface area contributed by atoms with Gasteiger partial charge in [0.05, 0.1) is 6.04 Å². The fourth-order valence-corrected chi connectivity index (χ4v) is 2.81. The molecule has 2 unspecified atom stereocenters. The third kappa shape index (κ3) is 3.19. The highest BCUT2D eigenvalue weighted by atomic mass is 16.5. The fraction of sp³-hybridized carbons (Fsp3) is 0.923. The maximum atomic E-state index is 12.3. The second kappa shape index (κ2) is 5.83. The lowest BCUT2D eigenvalue weighted by atomic mass is 9.98. The molecule has 2 atom stereocenters. The number of likely N-dealkylation sites (N-methyl/N-ethyl adjacent to an activating group) is 1. The molecule has 2 rings (SSSR count). The van der Waals surface area contributed by atoms with Gasteiger partial charge in [-0.1, -0.05) is 6.92 Å². The van der Waals surface area contributed by atoms with Gasteiger partial charge in [-0.3, -0.25) is 4.79 Å². The average molecular weight is 240 g/mol. The zero-order valence-electron chi connectivity index (χ0n) is 10.9. The van der Waals surface area contributed by atoms with Crippen molar-refractivity contribution in [2.45, 2.75) is 32.2 Å². The van der Waals surface area contributed by atoms with E-state index < -0.39 is 0 Å². The Morgan fingerprint density at radius 1 is 1.35 bits per heavy atom. The Morgan fingerprint density at radius 3 is 2.65 bits per heavy atom. The third-order valence-electron chi connectivity index (χ3n) is 4.05. The third-order valence-corrected chi connectivity index (χ3v) is 4.05. The summed E-state index contributed by atoms with van der Waals surface area (Å²) in [6, 6.07) is 0.0415. The van der Waals surface area contributed by atoms with Gasteiger partial charge >= 0.3 is 0 Å². The Labute approximate surface area is 104 Å². The molecule has 2 heterocycles. The Hall–Kier alpha value is -0.610. The van der Waals surface area contributed by atoms with Gasteiger partial charge in [-0.25, -0.2) is 0 Å². The molecule has 0 radical (unpaired) electrons. The monoisotopic (exact) mass is 240 g/mol. The van der Waals surface area contributed by atoms with Crippen LogP contribution >= 0.6 is 0 Å². The summed E-state index contributed by atoms with van der Waals surface area (Å²) in [5.74, 6) is 1.36. The summed E-state index contributed by atoms with van der Waals surface area (Å²) >= 11 is 0. The lowest BCUT2D eigenvalue weighted by molar-refractivity contribution is -0.133. The van der Waals surface area contributed by atoms with Crippen molar-refractivity contribution in [1.29, 1.82) is 0 Å². The van der Waals surface area contributed by atoms with Gasteiger partial charge in [-0.2, -0.15) is 0 Å². The zero-order valence-corrected chi connectivity index (χ0v) is 10.9. The SMILES string of the molecule is CC1CCNC1C(=O)N(C)CC1CCOCC1. The predicted octanol–water partition coefficient (Wildman–Crippen LogP) is 0.869. The molecular formula is C13H24N2O2. The summed E-state index contributed by atoms with van der Waals surface area (Å²) < 4.78 is 5.34. The quantitative estimate of drug-likeness (QED) is 0.796. The number of hydrogen-bond acceptors (Lipinski definition) is 3. The number of ether oxygens (including phenoxy) is 1. The first kappa shape index (κ1) is 12.8. The maximum absolute atomic E-state index is 12.3. The topological polar surface area (TPSA) is 41.6 Å². The summed E-state index contributed by atoms with van der Waals surface area (Å²) in [7, 11) is 1.94. The molecule has 0 saturated carbocycles. The van der Waals surface area contributed by atoms with Gasteiger partial charge in [0, 0.05) is 26.8 Å². The van der Waals surface area contributed by atoms with Crippen LogP contribution in [-0.2, 0) is 9.53 Å². The van der Waals surface area contributed by atoms with Crippen LogP contribution in [0.15, 0.2) is 0 Å². The first-order chi connectivity index (χ1) is 8.18. The van der Waals surface area contributed by atoms with E-state index in [-0.39, 0.29) is 11.9 Å². The van der Waals surface area contributed by atoms with Crippen LogP contribution in [0.5, 0.6) is 0 Å². The average Bonchev–Trinajstić information content (AvgIpc) is 2.76. The Bertz CT molecular complexity index is 264. The minimum absolute atomic E-state index is 0.0415. The van der Waals surface area contributed by atoms with Gasteiger partial charge < -0.3 is 15.0 Å². The molecule has 4 nitrogen and oxygen atoms in total. The van der Waals surface area contributed by atoms with Crippen LogP contribution in [0.3, 0.4) is 0 Å². The summed E-state index contributed by atoms with van der Waals surface area (Å²) in [5, 5.41) is 3.31. The van der Waals surface area contributed by atoms with Crippen LogP contribution in [-0.4, -0.2) is 50.2 Å². The molecule has 17 heavy (non-hydrogen) atoms. The molecule has 2 fully saturated rings. The molecule has 0 aromatic carbocycles. The van der Waals surface area contributed by atoms with E-state index in [0.29, 0.717) is 11.8 Å². The molecule has 0 spiro atoms. The van der Waals surface area contributed by atoms with Crippen LogP contribution in [0.2, 0.25) is 0 Å². The highest BCUT2D eigenvalue weighted by Crippen LogP contribution is 2.19. The number of hydrogen-bond donors (Lipinski definition) is 1. The van der Waals surface area contributed by atoms with E-state index in [1.165, 1.54) is 0 Å². The number of nitrogens with zero attached hydrogens (tertiary/aromatic N) is 1. The van der Waals surface area contributed by atoms with E-state index in [1.54, 1.807) is 0 Å². The minimum atomic E-state index is 0.0415. The van der Waals surface area contributed by atoms with Gasteiger partial charge in [0.25, 0.3) is 0 Å². The zero-order chi connectivity index (χ0) is 12.3. The molecule has 2 aliphatic rings. The van der Waals surface area contributed by atoms with E-state index in [1.807, 2.05) is 11.9 Å². The van der Waals surface area contributed by atoms with E-state index >= 15 is 0 Å².